The maximum atomic E-state index is 12.9. The van der Waals surface area contributed by atoms with E-state index in [4.69, 9.17) is 4.52 Å². The van der Waals surface area contributed by atoms with E-state index < -0.39 is 17.8 Å². The molecule has 0 spiro atoms. The number of aromatic nitrogens is 3. The summed E-state index contributed by atoms with van der Waals surface area (Å²) in [6, 6.07) is 0.566. The summed E-state index contributed by atoms with van der Waals surface area (Å²) in [7, 11) is 1.34. The minimum absolute atomic E-state index is 0.0774. The molecule has 2 aromatic rings. The molecule has 136 valence electrons. The maximum Gasteiger partial charge on any atom is 0.435 e. The van der Waals surface area contributed by atoms with Crippen LogP contribution in [-0.4, -0.2) is 32.3 Å². The first-order valence-electron chi connectivity index (χ1n) is 8.11. The van der Waals surface area contributed by atoms with Gasteiger partial charge in [-0.2, -0.15) is 18.3 Å². The molecule has 0 N–H and O–H groups in total. The van der Waals surface area contributed by atoms with Crippen molar-refractivity contribution in [3.8, 4) is 0 Å². The molecule has 0 bridgehead atoms. The first-order chi connectivity index (χ1) is 11.7. The summed E-state index contributed by atoms with van der Waals surface area (Å²) < 4.78 is 44.9. The van der Waals surface area contributed by atoms with Gasteiger partial charge in [0.1, 0.15) is 11.5 Å². The van der Waals surface area contributed by atoms with Gasteiger partial charge in [-0.15, -0.1) is 0 Å². The third-order valence-electron chi connectivity index (χ3n) is 4.54. The quantitative estimate of drug-likeness (QED) is 0.847. The van der Waals surface area contributed by atoms with E-state index in [1.807, 2.05) is 13.8 Å². The molecule has 0 radical (unpaired) electrons. The third kappa shape index (κ3) is 3.03. The summed E-state index contributed by atoms with van der Waals surface area (Å²) in [6.07, 6.45) is -2.45. The third-order valence-corrected chi connectivity index (χ3v) is 4.54. The molecule has 1 amide bonds. The summed E-state index contributed by atoms with van der Waals surface area (Å²) in [4.78, 5) is 14.5. The minimum Gasteiger partial charge on any atom is -0.361 e. The highest BCUT2D eigenvalue weighted by Gasteiger charge is 2.39. The average molecular weight is 356 g/mol. The van der Waals surface area contributed by atoms with Crippen molar-refractivity contribution in [1.29, 1.82) is 0 Å². The zero-order chi connectivity index (χ0) is 18.4. The molecule has 1 aliphatic rings. The van der Waals surface area contributed by atoms with Gasteiger partial charge in [-0.1, -0.05) is 12.1 Å². The number of hydrogen-bond acceptors (Lipinski definition) is 4. The molecule has 25 heavy (non-hydrogen) atoms. The second kappa shape index (κ2) is 6.20. The fraction of sp³-hybridized carbons (Fsp3) is 0.562. The molecular weight excluding hydrogens is 337 g/mol. The number of rotatable bonds is 3. The van der Waals surface area contributed by atoms with E-state index in [1.54, 1.807) is 4.90 Å². The Kier molecular flexibility index (Phi) is 4.34. The lowest BCUT2D eigenvalue weighted by Crippen LogP contribution is -2.32. The first-order valence-corrected chi connectivity index (χ1v) is 8.11. The van der Waals surface area contributed by atoms with Crippen molar-refractivity contribution >= 4 is 5.91 Å². The number of amides is 1. The molecule has 0 saturated carbocycles. The molecule has 0 unspecified atom stereocenters. The van der Waals surface area contributed by atoms with Crippen molar-refractivity contribution in [2.75, 3.05) is 6.54 Å². The monoisotopic (exact) mass is 356 g/mol. The van der Waals surface area contributed by atoms with Crippen LogP contribution in [0.2, 0.25) is 0 Å². The Morgan fingerprint density at radius 3 is 2.76 bits per heavy atom. The molecule has 2 aromatic heterocycles. The van der Waals surface area contributed by atoms with E-state index >= 15 is 0 Å². The topological polar surface area (TPSA) is 64.2 Å². The van der Waals surface area contributed by atoms with E-state index in [2.05, 4.69) is 10.3 Å². The van der Waals surface area contributed by atoms with Gasteiger partial charge in [0.15, 0.2) is 5.69 Å². The average Bonchev–Trinajstić information content (AvgIpc) is 3.23. The van der Waals surface area contributed by atoms with Gasteiger partial charge in [0.2, 0.25) is 0 Å². The number of carbonyl (C=O) groups excluding carboxylic acids is 1. The van der Waals surface area contributed by atoms with Crippen LogP contribution in [0.3, 0.4) is 0 Å². The second-order valence-electron chi connectivity index (χ2n) is 6.15. The summed E-state index contributed by atoms with van der Waals surface area (Å²) in [5.41, 5.74) is 0.435. The lowest BCUT2D eigenvalue weighted by Gasteiger charge is -2.24. The van der Waals surface area contributed by atoms with Gasteiger partial charge >= 0.3 is 6.18 Å². The smallest absolute Gasteiger partial charge is 0.361 e. The molecule has 1 atom stereocenters. The predicted molar refractivity (Wildman–Crippen MR) is 81.8 cm³/mol. The first kappa shape index (κ1) is 17.5. The Labute approximate surface area is 142 Å². The molecular formula is C16H19F3N4O2. The number of alkyl halides is 3. The van der Waals surface area contributed by atoms with E-state index in [9.17, 15) is 18.0 Å². The molecule has 0 aromatic carbocycles. The normalized spacial score (nSPS) is 18.2. The minimum atomic E-state index is -4.58. The van der Waals surface area contributed by atoms with Gasteiger partial charge in [0, 0.05) is 31.6 Å². The van der Waals surface area contributed by atoms with Crippen molar-refractivity contribution in [3.05, 3.63) is 34.5 Å². The van der Waals surface area contributed by atoms with E-state index in [0.29, 0.717) is 24.4 Å². The van der Waals surface area contributed by atoms with Gasteiger partial charge in [0.25, 0.3) is 5.91 Å². The fourth-order valence-electron chi connectivity index (χ4n) is 3.37. The van der Waals surface area contributed by atoms with Gasteiger partial charge in [0.05, 0.1) is 11.7 Å². The van der Waals surface area contributed by atoms with Gasteiger partial charge in [-0.3, -0.25) is 9.48 Å². The fourth-order valence-corrected chi connectivity index (χ4v) is 3.37. The largest absolute Gasteiger partial charge is 0.435 e. The Balaban J connectivity index is 1.94. The molecule has 6 nitrogen and oxygen atoms in total. The lowest BCUT2D eigenvalue weighted by molar-refractivity contribution is -0.141. The summed E-state index contributed by atoms with van der Waals surface area (Å²) >= 11 is 0. The Hall–Kier alpha value is -2.32. The molecule has 1 saturated heterocycles. The van der Waals surface area contributed by atoms with Gasteiger partial charge in [-0.05, 0) is 19.8 Å². The summed E-state index contributed by atoms with van der Waals surface area (Å²) in [6.45, 7) is 4.22. The number of aryl methyl sites for hydroxylation is 3. The highest BCUT2D eigenvalue weighted by Crippen LogP contribution is 2.37. The van der Waals surface area contributed by atoms with Crippen LogP contribution < -0.4 is 0 Å². The zero-order valence-electron chi connectivity index (χ0n) is 14.2. The standard InChI is InChI=1S/C16H19F3N4O2/c1-4-12-14(9(2)21-25-12)10-6-5-7-23(10)15(24)11-8-13(16(17,18)19)20-22(11)3/h8,10H,4-7H2,1-3H3/t10-/m0/s1. The second-order valence-corrected chi connectivity index (χ2v) is 6.15. The molecule has 1 fully saturated rings. The SMILES string of the molecule is CCc1onc(C)c1[C@@H]1CCCN1C(=O)c1cc(C(F)(F)F)nn1C. The zero-order valence-corrected chi connectivity index (χ0v) is 14.2. The number of hydrogen-bond donors (Lipinski definition) is 0. The molecule has 3 heterocycles. The van der Waals surface area contributed by atoms with Gasteiger partial charge in [-0.25, -0.2) is 0 Å². The number of carbonyl (C=O) groups is 1. The van der Waals surface area contributed by atoms with Crippen molar-refractivity contribution in [2.45, 2.75) is 45.3 Å². The van der Waals surface area contributed by atoms with Crippen LogP contribution in [0.15, 0.2) is 10.6 Å². The summed E-state index contributed by atoms with van der Waals surface area (Å²) in [5.74, 6) is 0.249. The van der Waals surface area contributed by atoms with Gasteiger partial charge < -0.3 is 9.42 Å². The molecule has 1 aliphatic heterocycles. The molecule has 3 rings (SSSR count). The van der Waals surface area contributed by atoms with E-state index in [0.717, 1.165) is 29.2 Å². The number of nitrogens with zero attached hydrogens (tertiary/aromatic N) is 4. The number of halogens is 3. The molecule has 9 heteroatoms. The van der Waals surface area contributed by atoms with E-state index in [1.165, 1.54) is 7.05 Å². The van der Waals surface area contributed by atoms with Crippen molar-refractivity contribution in [2.24, 2.45) is 7.05 Å². The molecule has 0 aliphatic carbocycles. The van der Waals surface area contributed by atoms with Crippen LogP contribution in [0.1, 0.15) is 59.0 Å². The number of likely N-dealkylation sites (tertiary alicyclic amines) is 1. The van der Waals surface area contributed by atoms with Crippen LogP contribution in [0.25, 0.3) is 0 Å². The lowest BCUT2D eigenvalue weighted by atomic mass is 10.0. The van der Waals surface area contributed by atoms with Crippen LogP contribution in [0, 0.1) is 6.92 Å². The van der Waals surface area contributed by atoms with Crippen LogP contribution in [0.4, 0.5) is 13.2 Å². The Bertz CT molecular complexity index is 794. The van der Waals surface area contributed by atoms with Crippen molar-refractivity contribution in [3.63, 3.8) is 0 Å². The summed E-state index contributed by atoms with van der Waals surface area (Å²) in [5, 5.41) is 7.40. The predicted octanol–water partition coefficient (Wildman–Crippen LogP) is 3.28. The van der Waals surface area contributed by atoms with Crippen LogP contribution in [-0.2, 0) is 19.6 Å². The Morgan fingerprint density at radius 2 is 2.16 bits per heavy atom. The van der Waals surface area contributed by atoms with Crippen LogP contribution >= 0.6 is 0 Å². The highest BCUT2D eigenvalue weighted by atomic mass is 19.4. The van der Waals surface area contributed by atoms with E-state index in [-0.39, 0.29) is 11.7 Å². The van der Waals surface area contributed by atoms with Crippen molar-refractivity contribution in [1.82, 2.24) is 19.8 Å². The Morgan fingerprint density at radius 1 is 1.44 bits per heavy atom. The maximum absolute atomic E-state index is 12.9. The highest BCUT2D eigenvalue weighted by molar-refractivity contribution is 5.93. The van der Waals surface area contributed by atoms with Crippen molar-refractivity contribution < 1.29 is 22.5 Å². The van der Waals surface area contributed by atoms with Crippen LogP contribution in [0.5, 0.6) is 0 Å².